The van der Waals surface area contributed by atoms with E-state index in [0.29, 0.717) is 21.5 Å². The topological polar surface area (TPSA) is 77.7 Å². The third-order valence-electron chi connectivity index (χ3n) is 4.98. The zero-order valence-electron chi connectivity index (χ0n) is 17.6. The number of fused-ring (bicyclic) bond motifs is 1. The first-order valence-corrected chi connectivity index (χ1v) is 10.7. The van der Waals surface area contributed by atoms with Crippen molar-refractivity contribution in [2.24, 2.45) is 4.99 Å². The SMILES string of the molecule is COC(=O)Cn1c(=NC(=O)c2ccc(C(=O)c3ccccc3)cc2)sc2cc(C)ccc21. The molecule has 1 amide bonds. The average Bonchev–Trinajstić information content (AvgIpc) is 3.14. The number of amides is 1. The molecule has 0 unspecified atom stereocenters. The first-order chi connectivity index (χ1) is 15.5. The van der Waals surface area contributed by atoms with Gasteiger partial charge in [-0.2, -0.15) is 4.99 Å². The van der Waals surface area contributed by atoms with Gasteiger partial charge in [0.15, 0.2) is 10.6 Å². The van der Waals surface area contributed by atoms with E-state index in [4.69, 9.17) is 4.74 Å². The van der Waals surface area contributed by atoms with Gasteiger partial charge in [-0.05, 0) is 36.8 Å². The molecule has 0 saturated carbocycles. The fourth-order valence-electron chi connectivity index (χ4n) is 3.28. The Morgan fingerprint density at radius 1 is 0.906 bits per heavy atom. The number of thiazole rings is 1. The predicted octanol–water partition coefficient (Wildman–Crippen LogP) is 4.16. The van der Waals surface area contributed by atoms with Crippen molar-refractivity contribution in [2.45, 2.75) is 13.5 Å². The molecular formula is C25H20N2O4S. The lowest BCUT2D eigenvalue weighted by Crippen LogP contribution is -2.22. The average molecular weight is 445 g/mol. The molecule has 0 aliphatic carbocycles. The van der Waals surface area contributed by atoms with Crippen molar-refractivity contribution in [1.82, 2.24) is 4.57 Å². The lowest BCUT2D eigenvalue weighted by Gasteiger charge is -2.04. The zero-order chi connectivity index (χ0) is 22.7. The van der Waals surface area contributed by atoms with E-state index in [9.17, 15) is 14.4 Å². The molecule has 0 radical (unpaired) electrons. The normalized spacial score (nSPS) is 11.5. The smallest absolute Gasteiger partial charge is 0.325 e. The third kappa shape index (κ3) is 4.43. The number of hydrogen-bond acceptors (Lipinski definition) is 5. The predicted molar refractivity (Wildman–Crippen MR) is 123 cm³/mol. The molecule has 0 atom stereocenters. The van der Waals surface area contributed by atoms with Gasteiger partial charge in [0.2, 0.25) is 0 Å². The summed E-state index contributed by atoms with van der Waals surface area (Å²) in [5.41, 5.74) is 3.31. The Balaban J connectivity index is 1.68. The van der Waals surface area contributed by atoms with Crippen LogP contribution < -0.4 is 4.80 Å². The number of rotatable bonds is 5. The largest absolute Gasteiger partial charge is 0.468 e. The Kier molecular flexibility index (Phi) is 6.09. The third-order valence-corrected chi connectivity index (χ3v) is 6.02. The number of esters is 1. The number of aromatic nitrogens is 1. The van der Waals surface area contributed by atoms with E-state index >= 15 is 0 Å². The molecule has 4 aromatic rings. The summed E-state index contributed by atoms with van der Waals surface area (Å²) in [6.45, 7) is 1.93. The lowest BCUT2D eigenvalue weighted by atomic mass is 10.0. The van der Waals surface area contributed by atoms with Crippen LogP contribution in [-0.4, -0.2) is 29.3 Å². The van der Waals surface area contributed by atoms with E-state index in [2.05, 4.69) is 4.99 Å². The van der Waals surface area contributed by atoms with Crippen molar-refractivity contribution < 1.29 is 19.1 Å². The van der Waals surface area contributed by atoms with Crippen LogP contribution in [0.15, 0.2) is 77.8 Å². The Bertz CT molecular complexity index is 1380. The van der Waals surface area contributed by atoms with E-state index in [1.165, 1.54) is 18.4 Å². The molecule has 160 valence electrons. The Morgan fingerprint density at radius 3 is 2.25 bits per heavy atom. The van der Waals surface area contributed by atoms with Crippen LogP contribution in [0.25, 0.3) is 10.2 Å². The summed E-state index contributed by atoms with van der Waals surface area (Å²) in [6.07, 6.45) is 0. The van der Waals surface area contributed by atoms with E-state index < -0.39 is 11.9 Å². The molecule has 6 nitrogen and oxygen atoms in total. The molecule has 7 heteroatoms. The van der Waals surface area contributed by atoms with E-state index in [1.54, 1.807) is 53.1 Å². The van der Waals surface area contributed by atoms with Crippen LogP contribution in [0.1, 0.15) is 31.8 Å². The highest BCUT2D eigenvalue weighted by atomic mass is 32.1. The van der Waals surface area contributed by atoms with Crippen LogP contribution in [0.2, 0.25) is 0 Å². The maximum Gasteiger partial charge on any atom is 0.325 e. The van der Waals surface area contributed by atoms with Crippen LogP contribution in [0.3, 0.4) is 0 Å². The van der Waals surface area contributed by atoms with Gasteiger partial charge >= 0.3 is 5.97 Å². The molecular weight excluding hydrogens is 424 g/mol. The van der Waals surface area contributed by atoms with E-state index in [0.717, 1.165) is 15.8 Å². The summed E-state index contributed by atoms with van der Waals surface area (Å²) < 4.78 is 7.40. The number of hydrogen-bond donors (Lipinski definition) is 0. The highest BCUT2D eigenvalue weighted by Crippen LogP contribution is 2.19. The number of ketones is 1. The minimum atomic E-state index is -0.453. The van der Waals surface area contributed by atoms with Crippen molar-refractivity contribution in [1.29, 1.82) is 0 Å². The highest BCUT2D eigenvalue weighted by Gasteiger charge is 2.14. The second-order valence-electron chi connectivity index (χ2n) is 7.21. The fourth-order valence-corrected chi connectivity index (χ4v) is 4.41. The van der Waals surface area contributed by atoms with E-state index in [-0.39, 0.29) is 12.3 Å². The molecule has 0 saturated heterocycles. The summed E-state index contributed by atoms with van der Waals surface area (Å²) in [5, 5.41) is 0. The summed E-state index contributed by atoms with van der Waals surface area (Å²) in [7, 11) is 1.32. The summed E-state index contributed by atoms with van der Waals surface area (Å²) in [4.78, 5) is 42.0. The zero-order valence-corrected chi connectivity index (χ0v) is 18.4. The number of aryl methyl sites for hydroxylation is 1. The van der Waals surface area contributed by atoms with Crippen LogP contribution >= 0.6 is 11.3 Å². The Morgan fingerprint density at radius 2 is 1.56 bits per heavy atom. The highest BCUT2D eigenvalue weighted by molar-refractivity contribution is 7.16. The number of carbonyl (C=O) groups excluding carboxylic acids is 3. The fraction of sp³-hybridized carbons (Fsp3) is 0.120. The van der Waals surface area contributed by atoms with Crippen molar-refractivity contribution in [3.63, 3.8) is 0 Å². The van der Waals surface area contributed by atoms with Crippen LogP contribution in [0, 0.1) is 6.92 Å². The number of methoxy groups -OCH3 is 1. The molecule has 0 aliphatic heterocycles. The van der Waals surface area contributed by atoms with Crippen LogP contribution in [-0.2, 0) is 16.1 Å². The number of carbonyl (C=O) groups is 3. The molecule has 3 aromatic carbocycles. The monoisotopic (exact) mass is 444 g/mol. The summed E-state index contributed by atoms with van der Waals surface area (Å²) in [6, 6.07) is 21.2. The van der Waals surface area contributed by atoms with Gasteiger partial charge in [-0.25, -0.2) is 0 Å². The first-order valence-electron chi connectivity index (χ1n) is 9.92. The van der Waals surface area contributed by atoms with Gasteiger partial charge in [0.05, 0.1) is 17.3 Å². The van der Waals surface area contributed by atoms with Gasteiger partial charge in [-0.1, -0.05) is 59.9 Å². The van der Waals surface area contributed by atoms with E-state index in [1.807, 2.05) is 31.2 Å². The maximum absolute atomic E-state index is 12.8. The van der Waals surface area contributed by atoms with Gasteiger partial charge in [-0.3, -0.25) is 14.4 Å². The Hall–Kier alpha value is -3.84. The van der Waals surface area contributed by atoms with Gasteiger partial charge in [-0.15, -0.1) is 0 Å². The number of benzene rings is 3. The minimum absolute atomic E-state index is 0.0454. The van der Waals surface area contributed by atoms with Gasteiger partial charge in [0.25, 0.3) is 5.91 Å². The molecule has 0 N–H and O–H groups in total. The number of nitrogens with zero attached hydrogens (tertiary/aromatic N) is 2. The standard InChI is InChI=1S/C25H20N2O4S/c1-16-8-13-20-21(14-16)32-25(27(20)15-22(28)31-2)26-24(30)19-11-9-18(10-12-19)23(29)17-6-4-3-5-7-17/h3-14H,15H2,1-2H3. The van der Waals surface area contributed by atoms with Crippen molar-refractivity contribution in [2.75, 3.05) is 7.11 Å². The molecule has 0 bridgehead atoms. The van der Waals surface area contributed by atoms with Crippen molar-refractivity contribution in [3.05, 3.63) is 99.9 Å². The lowest BCUT2D eigenvalue weighted by molar-refractivity contribution is -0.141. The van der Waals surface area contributed by atoms with Gasteiger partial charge in [0, 0.05) is 16.7 Å². The quantitative estimate of drug-likeness (QED) is 0.342. The molecule has 0 spiro atoms. The van der Waals surface area contributed by atoms with Gasteiger partial charge in [0.1, 0.15) is 6.54 Å². The second kappa shape index (κ2) is 9.11. The second-order valence-corrected chi connectivity index (χ2v) is 8.22. The maximum atomic E-state index is 12.8. The van der Waals surface area contributed by atoms with Crippen molar-refractivity contribution >= 4 is 39.2 Å². The van der Waals surface area contributed by atoms with Gasteiger partial charge < -0.3 is 9.30 Å². The van der Waals surface area contributed by atoms with Crippen LogP contribution in [0.4, 0.5) is 0 Å². The Labute approximate surface area is 188 Å². The van der Waals surface area contributed by atoms with Crippen LogP contribution in [0.5, 0.6) is 0 Å². The summed E-state index contributed by atoms with van der Waals surface area (Å²) >= 11 is 1.33. The molecule has 32 heavy (non-hydrogen) atoms. The molecule has 0 aliphatic rings. The first kappa shape index (κ1) is 21.4. The molecule has 1 aromatic heterocycles. The molecule has 1 heterocycles. The number of ether oxygens (including phenoxy) is 1. The van der Waals surface area contributed by atoms with Crippen molar-refractivity contribution in [3.8, 4) is 0 Å². The minimum Gasteiger partial charge on any atom is -0.468 e. The molecule has 0 fully saturated rings. The summed E-state index contributed by atoms with van der Waals surface area (Å²) in [5.74, 6) is -0.995. The molecule has 4 rings (SSSR count).